The minimum absolute atomic E-state index is 0.201. The zero-order valence-electron chi connectivity index (χ0n) is 19.2. The van der Waals surface area contributed by atoms with Crippen molar-refractivity contribution in [3.63, 3.8) is 0 Å². The van der Waals surface area contributed by atoms with Crippen molar-refractivity contribution >= 4 is 17.6 Å². The Morgan fingerprint density at radius 2 is 1.70 bits per heavy atom. The van der Waals surface area contributed by atoms with Crippen molar-refractivity contribution in [2.75, 3.05) is 19.1 Å². The molecular formula is C24H25N5O4. The number of benzene rings is 2. The Hall–Kier alpha value is -4.14. The number of anilines is 1. The smallest absolute Gasteiger partial charge is 0.277 e. The summed E-state index contributed by atoms with van der Waals surface area (Å²) in [5, 5.41) is 2.95. The van der Waals surface area contributed by atoms with E-state index in [0.29, 0.717) is 28.3 Å². The van der Waals surface area contributed by atoms with Gasteiger partial charge in [0.15, 0.2) is 11.5 Å². The standard InChI is InChI=1S/C24H25N5O4/c1-14-6-8-17(9-7-14)13-28(22(31)18-10-11-19(32-4)20(12-18)33-5)24-26-23-25-16(3)15(2)21(30)29(23)27-24/h6-12H,13H2,1-5H3,(H,25,26,27). The first kappa shape index (κ1) is 22.1. The van der Waals surface area contributed by atoms with Crippen molar-refractivity contribution in [1.29, 1.82) is 0 Å². The van der Waals surface area contributed by atoms with E-state index in [1.807, 2.05) is 31.2 Å². The average Bonchev–Trinajstić information content (AvgIpc) is 3.25. The molecule has 0 bridgehead atoms. The minimum Gasteiger partial charge on any atom is -0.493 e. The van der Waals surface area contributed by atoms with E-state index in [1.54, 1.807) is 32.0 Å². The quantitative estimate of drug-likeness (QED) is 0.487. The van der Waals surface area contributed by atoms with Crippen LogP contribution in [-0.2, 0) is 6.54 Å². The second-order valence-electron chi connectivity index (χ2n) is 7.76. The highest BCUT2D eigenvalue weighted by Gasteiger charge is 2.24. The summed E-state index contributed by atoms with van der Waals surface area (Å²) in [4.78, 5) is 36.7. The summed E-state index contributed by atoms with van der Waals surface area (Å²) >= 11 is 0. The molecule has 1 N–H and O–H groups in total. The van der Waals surface area contributed by atoms with E-state index >= 15 is 0 Å². The SMILES string of the molecule is COc1ccc(C(=O)N(Cc2ccc(C)cc2)c2nc3nc(C)c(C)c(=O)n3[nH]2)cc1OC. The van der Waals surface area contributed by atoms with Crippen molar-refractivity contribution in [2.24, 2.45) is 0 Å². The van der Waals surface area contributed by atoms with Gasteiger partial charge in [0.2, 0.25) is 5.95 Å². The van der Waals surface area contributed by atoms with Gasteiger partial charge < -0.3 is 9.47 Å². The van der Waals surface area contributed by atoms with Gasteiger partial charge in [-0.3, -0.25) is 19.6 Å². The molecule has 0 aliphatic heterocycles. The zero-order valence-corrected chi connectivity index (χ0v) is 19.2. The minimum atomic E-state index is -0.322. The lowest BCUT2D eigenvalue weighted by molar-refractivity contribution is 0.0983. The molecule has 0 aliphatic carbocycles. The molecule has 2 aromatic heterocycles. The summed E-state index contributed by atoms with van der Waals surface area (Å²) in [5.74, 6) is 1.05. The van der Waals surface area contributed by atoms with Gasteiger partial charge in [0.25, 0.3) is 17.2 Å². The van der Waals surface area contributed by atoms with Crippen LogP contribution in [0.25, 0.3) is 5.78 Å². The number of methoxy groups -OCH3 is 2. The van der Waals surface area contributed by atoms with Crippen LogP contribution >= 0.6 is 0 Å². The summed E-state index contributed by atoms with van der Waals surface area (Å²) < 4.78 is 11.9. The number of ether oxygens (including phenoxy) is 2. The summed E-state index contributed by atoms with van der Waals surface area (Å²) in [6.07, 6.45) is 0. The first-order valence-electron chi connectivity index (χ1n) is 10.4. The van der Waals surface area contributed by atoms with E-state index in [0.717, 1.165) is 11.1 Å². The number of rotatable bonds is 6. The third-order valence-electron chi connectivity index (χ3n) is 5.54. The van der Waals surface area contributed by atoms with Crippen molar-refractivity contribution in [3.05, 3.63) is 80.8 Å². The Labute approximate surface area is 190 Å². The number of nitrogens with zero attached hydrogens (tertiary/aromatic N) is 4. The van der Waals surface area contributed by atoms with Gasteiger partial charge >= 0.3 is 0 Å². The molecule has 170 valence electrons. The molecule has 0 saturated heterocycles. The number of aromatic amines is 1. The fraction of sp³-hybridized carbons (Fsp3) is 0.250. The van der Waals surface area contributed by atoms with E-state index in [-0.39, 0.29) is 29.7 Å². The second-order valence-corrected chi connectivity index (χ2v) is 7.76. The topological polar surface area (TPSA) is 102 Å². The van der Waals surface area contributed by atoms with Gasteiger partial charge in [-0.05, 0) is 44.5 Å². The van der Waals surface area contributed by atoms with Crippen molar-refractivity contribution < 1.29 is 14.3 Å². The molecule has 9 nitrogen and oxygen atoms in total. The Morgan fingerprint density at radius 1 is 1.00 bits per heavy atom. The van der Waals surface area contributed by atoms with Crippen LogP contribution in [0.1, 0.15) is 32.7 Å². The number of hydrogen-bond acceptors (Lipinski definition) is 6. The fourth-order valence-electron chi connectivity index (χ4n) is 3.46. The van der Waals surface area contributed by atoms with Crippen molar-refractivity contribution in [1.82, 2.24) is 19.6 Å². The number of aromatic nitrogens is 4. The van der Waals surface area contributed by atoms with Gasteiger partial charge in [-0.1, -0.05) is 29.8 Å². The highest BCUT2D eigenvalue weighted by Crippen LogP contribution is 2.29. The molecule has 0 unspecified atom stereocenters. The maximum atomic E-state index is 13.6. The molecule has 33 heavy (non-hydrogen) atoms. The molecule has 0 spiro atoms. The Balaban J connectivity index is 1.82. The van der Waals surface area contributed by atoms with Crippen LogP contribution in [0.15, 0.2) is 47.3 Å². The number of H-pyrrole nitrogens is 1. The predicted octanol–water partition coefficient (Wildman–Crippen LogP) is 3.21. The average molecular weight is 447 g/mol. The van der Waals surface area contributed by atoms with Gasteiger partial charge in [0, 0.05) is 16.8 Å². The van der Waals surface area contributed by atoms with Crippen LogP contribution in [0.4, 0.5) is 5.95 Å². The van der Waals surface area contributed by atoms with E-state index < -0.39 is 0 Å². The normalized spacial score (nSPS) is 10.9. The van der Waals surface area contributed by atoms with Crippen LogP contribution in [0.3, 0.4) is 0 Å². The first-order valence-corrected chi connectivity index (χ1v) is 10.4. The van der Waals surface area contributed by atoms with Crippen LogP contribution < -0.4 is 19.9 Å². The molecule has 0 radical (unpaired) electrons. The van der Waals surface area contributed by atoms with E-state index in [4.69, 9.17) is 9.47 Å². The Morgan fingerprint density at radius 3 is 2.36 bits per heavy atom. The van der Waals surface area contributed by atoms with Gasteiger partial charge in [0.1, 0.15) is 0 Å². The summed E-state index contributed by atoms with van der Waals surface area (Å²) in [6.45, 7) is 5.69. The molecule has 4 aromatic rings. The lowest BCUT2D eigenvalue weighted by Gasteiger charge is -2.20. The summed E-state index contributed by atoms with van der Waals surface area (Å²) in [7, 11) is 3.05. The highest BCUT2D eigenvalue weighted by molar-refractivity contribution is 6.05. The Kier molecular flexibility index (Phi) is 5.87. The number of nitrogens with one attached hydrogen (secondary N) is 1. The number of fused-ring (bicyclic) bond motifs is 1. The predicted molar refractivity (Wildman–Crippen MR) is 124 cm³/mol. The maximum absolute atomic E-state index is 13.6. The maximum Gasteiger partial charge on any atom is 0.277 e. The fourth-order valence-corrected chi connectivity index (χ4v) is 3.46. The van der Waals surface area contributed by atoms with Crippen LogP contribution in [0, 0.1) is 20.8 Å². The molecule has 0 atom stereocenters. The summed E-state index contributed by atoms with van der Waals surface area (Å²) in [5.41, 5.74) is 3.25. The largest absolute Gasteiger partial charge is 0.493 e. The van der Waals surface area contributed by atoms with Gasteiger partial charge in [0.05, 0.1) is 20.8 Å². The summed E-state index contributed by atoms with van der Waals surface area (Å²) in [6, 6.07) is 12.8. The third-order valence-corrected chi connectivity index (χ3v) is 5.54. The molecule has 4 rings (SSSR count). The molecule has 2 aromatic carbocycles. The van der Waals surface area contributed by atoms with Gasteiger partial charge in [-0.15, -0.1) is 0 Å². The molecule has 0 saturated carbocycles. The second kappa shape index (κ2) is 8.78. The first-order chi connectivity index (χ1) is 15.8. The van der Waals surface area contributed by atoms with E-state index in [2.05, 4.69) is 15.1 Å². The van der Waals surface area contributed by atoms with Crippen molar-refractivity contribution in [3.8, 4) is 11.5 Å². The van der Waals surface area contributed by atoms with Crippen LogP contribution in [0.2, 0.25) is 0 Å². The van der Waals surface area contributed by atoms with Crippen LogP contribution in [0.5, 0.6) is 11.5 Å². The van der Waals surface area contributed by atoms with Gasteiger partial charge in [-0.25, -0.2) is 4.98 Å². The monoisotopic (exact) mass is 447 g/mol. The van der Waals surface area contributed by atoms with E-state index in [9.17, 15) is 9.59 Å². The van der Waals surface area contributed by atoms with Crippen molar-refractivity contribution in [2.45, 2.75) is 27.3 Å². The molecule has 1 amide bonds. The highest BCUT2D eigenvalue weighted by atomic mass is 16.5. The molecule has 0 fully saturated rings. The van der Waals surface area contributed by atoms with E-state index in [1.165, 1.54) is 23.6 Å². The number of hydrogen-bond donors (Lipinski definition) is 1. The number of aryl methyl sites for hydroxylation is 2. The molecule has 2 heterocycles. The number of amides is 1. The number of carbonyl (C=O) groups is 1. The lowest BCUT2D eigenvalue weighted by atomic mass is 10.1. The third kappa shape index (κ3) is 4.17. The van der Waals surface area contributed by atoms with Crippen LogP contribution in [-0.4, -0.2) is 39.7 Å². The number of carbonyl (C=O) groups excluding carboxylic acids is 1. The zero-order chi connectivity index (χ0) is 23.7. The molecular weight excluding hydrogens is 422 g/mol. The molecule has 9 heteroatoms. The Bertz CT molecular complexity index is 1390. The van der Waals surface area contributed by atoms with Gasteiger partial charge in [-0.2, -0.15) is 9.50 Å². The molecule has 0 aliphatic rings. The lowest BCUT2D eigenvalue weighted by Crippen LogP contribution is -2.31.